The molecular weight excluding hydrogens is 436 g/mol. The number of benzene rings is 2. The van der Waals surface area contributed by atoms with Crippen molar-refractivity contribution >= 4 is 17.5 Å². The van der Waals surface area contributed by atoms with Gasteiger partial charge in [-0.3, -0.25) is 14.4 Å². The normalized spacial score (nSPS) is 19.5. The predicted molar refractivity (Wildman–Crippen MR) is 126 cm³/mol. The molecule has 1 fully saturated rings. The van der Waals surface area contributed by atoms with Gasteiger partial charge in [0.2, 0.25) is 5.91 Å². The molecule has 0 aliphatic carbocycles. The number of amides is 1. The highest BCUT2D eigenvalue weighted by Crippen LogP contribution is 2.29. The Balaban J connectivity index is 1.80. The minimum atomic E-state index is -1.06. The van der Waals surface area contributed by atoms with E-state index in [2.05, 4.69) is 5.32 Å². The third-order valence-corrected chi connectivity index (χ3v) is 6.08. The number of Topliss-reactive ketones (excluding diaryl/α,β-unsaturated/α-hetero) is 2. The molecule has 4 N–H and O–H groups in total. The maximum atomic E-state index is 13.4. The lowest BCUT2D eigenvalue weighted by atomic mass is 9.89. The van der Waals surface area contributed by atoms with E-state index in [0.717, 1.165) is 11.1 Å². The van der Waals surface area contributed by atoms with Gasteiger partial charge >= 0.3 is 0 Å². The number of nitrogens with one attached hydrogen (secondary N) is 1. The maximum Gasteiger partial charge on any atom is 0.224 e. The standard InChI is InChI=1S/C26H32N2O6/c1-26(16-34-26)24(31)22(13-17-6-4-3-5-7-17)28-25(32)19(14-23(30)21(27)15-29)12-18-8-10-20(33-2)11-9-18/h3-11,19,21-22,29H,12-16,27H2,1-2H3,(H,28,32)/t19-,21+,22+,26-/m1/s1. The van der Waals surface area contributed by atoms with Crippen molar-refractivity contribution in [1.29, 1.82) is 0 Å². The van der Waals surface area contributed by atoms with Crippen LogP contribution in [0.3, 0.4) is 0 Å². The van der Waals surface area contributed by atoms with Crippen molar-refractivity contribution in [2.24, 2.45) is 11.7 Å². The first-order chi connectivity index (χ1) is 16.3. The number of epoxide rings is 1. The van der Waals surface area contributed by atoms with E-state index >= 15 is 0 Å². The number of ketones is 2. The maximum absolute atomic E-state index is 13.4. The Bertz CT molecular complexity index is 988. The molecule has 8 heteroatoms. The van der Waals surface area contributed by atoms with Crippen molar-refractivity contribution < 1.29 is 29.0 Å². The summed E-state index contributed by atoms with van der Waals surface area (Å²) in [5.74, 6) is -1.13. The first kappa shape index (κ1) is 25.6. The van der Waals surface area contributed by atoms with E-state index in [9.17, 15) is 19.5 Å². The van der Waals surface area contributed by atoms with E-state index in [1.54, 1.807) is 26.2 Å². The Hall–Kier alpha value is -3.07. The van der Waals surface area contributed by atoms with Crippen molar-refractivity contribution in [2.75, 3.05) is 20.3 Å². The summed E-state index contributed by atoms with van der Waals surface area (Å²) < 4.78 is 10.5. The van der Waals surface area contributed by atoms with Crippen molar-refractivity contribution in [1.82, 2.24) is 5.32 Å². The van der Waals surface area contributed by atoms with Gasteiger partial charge in [0.15, 0.2) is 11.6 Å². The van der Waals surface area contributed by atoms with Crippen LogP contribution in [0.4, 0.5) is 0 Å². The average Bonchev–Trinajstić information content (AvgIpc) is 3.61. The van der Waals surface area contributed by atoms with Crippen LogP contribution in [0, 0.1) is 5.92 Å². The fourth-order valence-corrected chi connectivity index (χ4v) is 3.77. The average molecular weight is 469 g/mol. The Kier molecular flexibility index (Phi) is 8.55. The highest BCUT2D eigenvalue weighted by Gasteiger charge is 2.50. The largest absolute Gasteiger partial charge is 0.497 e. The smallest absolute Gasteiger partial charge is 0.224 e. The highest BCUT2D eigenvalue weighted by molar-refractivity contribution is 5.97. The van der Waals surface area contributed by atoms with Crippen LogP contribution in [0.5, 0.6) is 5.75 Å². The van der Waals surface area contributed by atoms with Crippen LogP contribution >= 0.6 is 0 Å². The zero-order chi connectivity index (χ0) is 24.7. The number of ether oxygens (including phenoxy) is 2. The molecule has 0 bridgehead atoms. The molecule has 3 rings (SSSR count). The summed E-state index contributed by atoms with van der Waals surface area (Å²) in [7, 11) is 1.56. The van der Waals surface area contributed by atoms with E-state index < -0.39 is 41.9 Å². The predicted octanol–water partition coefficient (Wildman–Crippen LogP) is 1.22. The van der Waals surface area contributed by atoms with Gasteiger partial charge in [-0.25, -0.2) is 0 Å². The van der Waals surface area contributed by atoms with Crippen molar-refractivity contribution in [3.8, 4) is 5.75 Å². The Morgan fingerprint density at radius 2 is 1.71 bits per heavy atom. The Morgan fingerprint density at radius 1 is 1.09 bits per heavy atom. The number of aliphatic hydroxyl groups is 1. The van der Waals surface area contributed by atoms with Gasteiger partial charge in [0, 0.05) is 12.3 Å². The number of methoxy groups -OCH3 is 1. The third kappa shape index (κ3) is 6.72. The molecule has 34 heavy (non-hydrogen) atoms. The zero-order valence-corrected chi connectivity index (χ0v) is 19.5. The van der Waals surface area contributed by atoms with E-state index in [0.29, 0.717) is 18.8 Å². The molecule has 0 unspecified atom stereocenters. The van der Waals surface area contributed by atoms with Gasteiger partial charge in [0.1, 0.15) is 11.4 Å². The molecule has 2 aromatic rings. The second-order valence-corrected chi connectivity index (χ2v) is 8.84. The van der Waals surface area contributed by atoms with Gasteiger partial charge in [-0.2, -0.15) is 0 Å². The quantitative estimate of drug-likeness (QED) is 0.377. The number of carbonyl (C=O) groups excluding carboxylic acids is 3. The van der Waals surface area contributed by atoms with Crippen molar-refractivity contribution in [3.63, 3.8) is 0 Å². The second kappa shape index (κ2) is 11.4. The summed E-state index contributed by atoms with van der Waals surface area (Å²) >= 11 is 0. The summed E-state index contributed by atoms with van der Waals surface area (Å²) in [6, 6.07) is 14.7. The molecule has 2 aromatic carbocycles. The minimum absolute atomic E-state index is 0.153. The van der Waals surface area contributed by atoms with Crippen molar-refractivity contribution in [3.05, 3.63) is 65.7 Å². The molecule has 0 saturated carbocycles. The van der Waals surface area contributed by atoms with Gasteiger partial charge < -0.3 is 25.6 Å². The van der Waals surface area contributed by atoms with Gasteiger partial charge in [-0.05, 0) is 43.0 Å². The molecule has 0 spiro atoms. The molecule has 1 amide bonds. The summed E-state index contributed by atoms with van der Waals surface area (Å²) in [6.07, 6.45) is 0.420. The van der Waals surface area contributed by atoms with Gasteiger partial charge in [0.25, 0.3) is 0 Å². The summed E-state index contributed by atoms with van der Waals surface area (Å²) in [5.41, 5.74) is 6.51. The lowest BCUT2D eigenvalue weighted by molar-refractivity contribution is -0.134. The molecule has 8 nitrogen and oxygen atoms in total. The number of hydrogen-bond acceptors (Lipinski definition) is 7. The van der Waals surface area contributed by atoms with Crippen LogP contribution < -0.4 is 15.8 Å². The molecule has 1 aliphatic heterocycles. The summed E-state index contributed by atoms with van der Waals surface area (Å²) in [4.78, 5) is 39.0. The lowest BCUT2D eigenvalue weighted by Crippen LogP contribution is -2.50. The first-order valence-corrected chi connectivity index (χ1v) is 11.3. The zero-order valence-electron chi connectivity index (χ0n) is 19.5. The molecular formula is C26H32N2O6. The number of nitrogens with two attached hydrogens (primary N) is 1. The van der Waals surface area contributed by atoms with Gasteiger partial charge in [0.05, 0.1) is 32.4 Å². The monoisotopic (exact) mass is 468 g/mol. The molecule has 1 aliphatic rings. The first-order valence-electron chi connectivity index (χ1n) is 11.3. The second-order valence-electron chi connectivity index (χ2n) is 8.84. The number of carbonyl (C=O) groups is 3. The Labute approximate surface area is 199 Å². The van der Waals surface area contributed by atoms with Gasteiger partial charge in [-0.1, -0.05) is 42.5 Å². The Morgan fingerprint density at radius 3 is 2.26 bits per heavy atom. The van der Waals surface area contributed by atoms with E-state index in [4.69, 9.17) is 15.2 Å². The van der Waals surface area contributed by atoms with E-state index in [1.165, 1.54) is 0 Å². The van der Waals surface area contributed by atoms with Crippen LogP contribution in [0.1, 0.15) is 24.5 Å². The number of rotatable bonds is 13. The van der Waals surface area contributed by atoms with Crippen LogP contribution in [0.25, 0.3) is 0 Å². The van der Waals surface area contributed by atoms with Crippen LogP contribution in [0.15, 0.2) is 54.6 Å². The SMILES string of the molecule is COc1ccc(C[C@H](CC(=O)[C@@H](N)CO)C(=O)N[C@@H](Cc2ccccc2)C(=O)[C@@]2(C)CO2)cc1. The van der Waals surface area contributed by atoms with Crippen LogP contribution in [0.2, 0.25) is 0 Å². The molecule has 0 radical (unpaired) electrons. The molecule has 4 atom stereocenters. The third-order valence-electron chi connectivity index (χ3n) is 6.08. The van der Waals surface area contributed by atoms with Crippen molar-refractivity contribution in [2.45, 2.75) is 43.9 Å². The topological polar surface area (TPSA) is 131 Å². The molecule has 1 heterocycles. The molecule has 0 aromatic heterocycles. The number of aliphatic hydroxyl groups excluding tert-OH is 1. The fraction of sp³-hybridized carbons (Fsp3) is 0.423. The lowest BCUT2D eigenvalue weighted by Gasteiger charge is -2.24. The molecule has 1 saturated heterocycles. The summed E-state index contributed by atoms with van der Waals surface area (Å²) in [6.45, 7) is 1.52. The van der Waals surface area contributed by atoms with Crippen LogP contribution in [-0.4, -0.2) is 60.6 Å². The fourth-order valence-electron chi connectivity index (χ4n) is 3.77. The van der Waals surface area contributed by atoms with E-state index in [-0.39, 0.29) is 18.6 Å². The number of hydrogen-bond donors (Lipinski definition) is 3. The van der Waals surface area contributed by atoms with E-state index in [1.807, 2.05) is 42.5 Å². The summed E-state index contributed by atoms with van der Waals surface area (Å²) in [5, 5.41) is 12.1. The minimum Gasteiger partial charge on any atom is -0.497 e. The molecule has 182 valence electrons. The van der Waals surface area contributed by atoms with Crippen LogP contribution in [-0.2, 0) is 32.0 Å². The van der Waals surface area contributed by atoms with Gasteiger partial charge in [-0.15, -0.1) is 0 Å². The highest BCUT2D eigenvalue weighted by atomic mass is 16.6.